The zero-order chi connectivity index (χ0) is 22.0. The highest BCUT2D eigenvalue weighted by molar-refractivity contribution is 5.80. The molecule has 0 aliphatic rings. The van der Waals surface area contributed by atoms with Gasteiger partial charge in [-0.05, 0) is 48.1 Å². The zero-order valence-electron chi connectivity index (χ0n) is 18.4. The predicted octanol–water partition coefficient (Wildman–Crippen LogP) is 4.32. The van der Waals surface area contributed by atoms with Gasteiger partial charge in [-0.3, -0.25) is 9.13 Å². The molecule has 0 spiro atoms. The summed E-state index contributed by atoms with van der Waals surface area (Å²) in [6.45, 7) is 9.00. The summed E-state index contributed by atoms with van der Waals surface area (Å²) in [4.78, 5) is 13.0. The smallest absolute Gasteiger partial charge is 0.296 e. The highest BCUT2D eigenvalue weighted by Crippen LogP contribution is 2.29. The molecule has 0 saturated heterocycles. The van der Waals surface area contributed by atoms with E-state index in [1.54, 1.807) is 0 Å². The molecule has 0 atom stereocenters. The molecule has 0 aliphatic heterocycles. The molecule has 2 heterocycles. The van der Waals surface area contributed by atoms with E-state index >= 15 is 0 Å². The quantitative estimate of drug-likeness (QED) is 0.486. The molecule has 2 aromatic heterocycles. The average molecular weight is 417 g/mol. The molecule has 2 aromatic carbocycles. The van der Waals surface area contributed by atoms with Gasteiger partial charge in [0.15, 0.2) is 0 Å². The van der Waals surface area contributed by atoms with Crippen LogP contribution in [0.1, 0.15) is 45.0 Å². The van der Waals surface area contributed by atoms with Crippen LogP contribution in [0.25, 0.3) is 22.5 Å². The molecule has 4 aromatic rings. The predicted molar refractivity (Wildman–Crippen MR) is 122 cm³/mol. The summed E-state index contributed by atoms with van der Waals surface area (Å²) in [6, 6.07) is 16.5. The lowest BCUT2D eigenvalue weighted by molar-refractivity contribution is 0.557. The maximum atomic E-state index is 13.0. The third-order valence-corrected chi connectivity index (χ3v) is 5.38. The SMILES string of the molecule is CC(C)Cc1cn(C(C)C)c(=O)n1Cc1ccc(-c2ccccc2-c2nn[nH]n2)cc1. The number of H-pyrrole nitrogens is 1. The maximum absolute atomic E-state index is 13.0. The van der Waals surface area contributed by atoms with Crippen LogP contribution in [0.5, 0.6) is 0 Å². The highest BCUT2D eigenvalue weighted by atomic mass is 16.1. The van der Waals surface area contributed by atoms with Gasteiger partial charge in [0.1, 0.15) is 0 Å². The fourth-order valence-electron chi connectivity index (χ4n) is 3.85. The Kier molecular flexibility index (Phi) is 5.84. The van der Waals surface area contributed by atoms with Gasteiger partial charge in [0.25, 0.3) is 0 Å². The van der Waals surface area contributed by atoms with Crippen molar-refractivity contribution in [1.29, 1.82) is 0 Å². The van der Waals surface area contributed by atoms with Crippen molar-refractivity contribution in [2.75, 3.05) is 0 Å². The van der Waals surface area contributed by atoms with Crippen molar-refractivity contribution in [1.82, 2.24) is 29.8 Å². The third kappa shape index (κ3) is 4.35. The van der Waals surface area contributed by atoms with Crippen molar-refractivity contribution in [3.05, 3.63) is 76.5 Å². The van der Waals surface area contributed by atoms with Crippen LogP contribution in [0.4, 0.5) is 0 Å². The molecule has 0 amide bonds. The number of aromatic nitrogens is 6. The van der Waals surface area contributed by atoms with Gasteiger partial charge in [0.2, 0.25) is 5.82 Å². The molecular weight excluding hydrogens is 388 g/mol. The minimum Gasteiger partial charge on any atom is -0.296 e. The van der Waals surface area contributed by atoms with E-state index in [4.69, 9.17) is 0 Å². The third-order valence-electron chi connectivity index (χ3n) is 5.38. The Balaban J connectivity index is 1.65. The summed E-state index contributed by atoms with van der Waals surface area (Å²) >= 11 is 0. The van der Waals surface area contributed by atoms with Crippen molar-refractivity contribution in [3.63, 3.8) is 0 Å². The van der Waals surface area contributed by atoms with Crippen molar-refractivity contribution in [2.45, 2.75) is 46.7 Å². The second-order valence-electron chi connectivity index (χ2n) is 8.57. The lowest BCUT2D eigenvalue weighted by atomic mass is 9.98. The van der Waals surface area contributed by atoms with Gasteiger partial charge >= 0.3 is 5.69 Å². The van der Waals surface area contributed by atoms with Crippen LogP contribution in [0.15, 0.2) is 59.5 Å². The number of aromatic amines is 1. The number of nitrogens with zero attached hydrogens (tertiary/aromatic N) is 5. The van der Waals surface area contributed by atoms with E-state index < -0.39 is 0 Å². The Bertz CT molecular complexity index is 1200. The second-order valence-corrected chi connectivity index (χ2v) is 8.57. The number of rotatable bonds is 7. The maximum Gasteiger partial charge on any atom is 0.328 e. The summed E-state index contributed by atoms with van der Waals surface area (Å²) < 4.78 is 3.73. The molecule has 0 bridgehead atoms. The fraction of sp³-hybridized carbons (Fsp3) is 0.333. The number of hydrogen-bond acceptors (Lipinski definition) is 4. The normalized spacial score (nSPS) is 11.5. The van der Waals surface area contributed by atoms with Crippen molar-refractivity contribution >= 4 is 0 Å². The van der Waals surface area contributed by atoms with E-state index in [2.05, 4.69) is 64.8 Å². The van der Waals surface area contributed by atoms with Crippen molar-refractivity contribution < 1.29 is 0 Å². The average Bonchev–Trinajstić information content (AvgIpc) is 3.38. The van der Waals surface area contributed by atoms with Crippen molar-refractivity contribution in [2.24, 2.45) is 5.92 Å². The van der Waals surface area contributed by atoms with Gasteiger partial charge in [0, 0.05) is 23.5 Å². The molecule has 1 N–H and O–H groups in total. The Labute approximate surface area is 181 Å². The largest absolute Gasteiger partial charge is 0.328 e. The topological polar surface area (TPSA) is 81.4 Å². The number of tetrazole rings is 1. The minimum absolute atomic E-state index is 0.0529. The lowest BCUT2D eigenvalue weighted by Crippen LogP contribution is -2.26. The van der Waals surface area contributed by atoms with E-state index in [-0.39, 0.29) is 11.7 Å². The van der Waals surface area contributed by atoms with Crippen LogP contribution >= 0.6 is 0 Å². The van der Waals surface area contributed by atoms with Gasteiger partial charge in [-0.25, -0.2) is 4.79 Å². The van der Waals surface area contributed by atoms with E-state index in [9.17, 15) is 4.79 Å². The van der Waals surface area contributed by atoms with Gasteiger partial charge in [-0.2, -0.15) is 5.21 Å². The Morgan fingerprint density at radius 1 is 0.968 bits per heavy atom. The fourth-order valence-corrected chi connectivity index (χ4v) is 3.85. The molecule has 7 nitrogen and oxygen atoms in total. The monoisotopic (exact) mass is 416 g/mol. The molecule has 4 rings (SSSR count). The van der Waals surface area contributed by atoms with E-state index in [1.807, 2.05) is 47.4 Å². The molecule has 0 saturated carbocycles. The number of imidazole rings is 1. The van der Waals surface area contributed by atoms with E-state index in [0.717, 1.165) is 34.4 Å². The first kappa shape index (κ1) is 20.8. The molecule has 0 aliphatic carbocycles. The second kappa shape index (κ2) is 8.71. The molecule has 0 fully saturated rings. The number of benzene rings is 2. The standard InChI is InChI=1S/C24H28N6O/c1-16(2)13-20-15-29(17(3)4)24(31)30(20)14-18-9-11-19(12-10-18)21-7-5-6-8-22(21)23-25-27-28-26-23/h5-12,15-17H,13-14H2,1-4H3,(H,25,26,27,28). The van der Waals surface area contributed by atoms with Crippen molar-refractivity contribution in [3.8, 4) is 22.5 Å². The molecule has 0 unspecified atom stereocenters. The Hall–Kier alpha value is -3.48. The van der Waals surface area contributed by atoms with Crippen LogP contribution < -0.4 is 5.69 Å². The Morgan fingerprint density at radius 2 is 1.68 bits per heavy atom. The minimum atomic E-state index is 0.0529. The first-order valence-corrected chi connectivity index (χ1v) is 10.7. The molecule has 0 radical (unpaired) electrons. The van der Waals surface area contributed by atoms with Gasteiger partial charge < -0.3 is 0 Å². The van der Waals surface area contributed by atoms with Gasteiger partial charge in [0.05, 0.1) is 6.54 Å². The first-order chi connectivity index (χ1) is 14.9. The zero-order valence-corrected chi connectivity index (χ0v) is 18.4. The summed E-state index contributed by atoms with van der Waals surface area (Å²) in [7, 11) is 0. The highest BCUT2D eigenvalue weighted by Gasteiger charge is 2.15. The van der Waals surface area contributed by atoms with Crippen LogP contribution in [0.3, 0.4) is 0 Å². The van der Waals surface area contributed by atoms with E-state index in [0.29, 0.717) is 18.3 Å². The van der Waals surface area contributed by atoms with Crippen LogP contribution in [0.2, 0.25) is 0 Å². The van der Waals surface area contributed by atoms with Crippen LogP contribution in [-0.4, -0.2) is 29.8 Å². The number of nitrogens with one attached hydrogen (secondary N) is 1. The van der Waals surface area contributed by atoms with Gasteiger partial charge in [-0.1, -0.05) is 62.4 Å². The van der Waals surface area contributed by atoms with Crippen LogP contribution in [-0.2, 0) is 13.0 Å². The molecule has 7 heteroatoms. The van der Waals surface area contributed by atoms with E-state index in [1.165, 1.54) is 0 Å². The first-order valence-electron chi connectivity index (χ1n) is 10.7. The molecular formula is C24H28N6O. The molecule has 160 valence electrons. The Morgan fingerprint density at radius 3 is 2.29 bits per heavy atom. The summed E-state index contributed by atoms with van der Waals surface area (Å²) in [5, 5.41) is 14.4. The lowest BCUT2D eigenvalue weighted by Gasteiger charge is -2.11. The van der Waals surface area contributed by atoms with Gasteiger partial charge in [-0.15, -0.1) is 10.2 Å². The summed E-state index contributed by atoms with van der Waals surface area (Å²) in [6.07, 6.45) is 2.90. The molecule has 31 heavy (non-hydrogen) atoms. The van der Waals surface area contributed by atoms with Crippen LogP contribution in [0, 0.1) is 5.92 Å². The summed E-state index contributed by atoms with van der Waals surface area (Å²) in [5.41, 5.74) is 5.26. The number of hydrogen-bond donors (Lipinski definition) is 1. The summed E-state index contributed by atoms with van der Waals surface area (Å²) in [5.74, 6) is 1.05.